The Balaban J connectivity index is 1.43. The van der Waals surface area contributed by atoms with Crippen LogP contribution >= 0.6 is 0 Å². The first-order chi connectivity index (χ1) is 12.0. The fourth-order valence-corrected chi connectivity index (χ4v) is 3.59. The van der Waals surface area contributed by atoms with Gasteiger partial charge in [-0.1, -0.05) is 29.8 Å². The predicted molar refractivity (Wildman–Crippen MR) is 97.8 cm³/mol. The summed E-state index contributed by atoms with van der Waals surface area (Å²) in [6.45, 7) is 9.06. The number of aryl methyl sites for hydroxylation is 1. The van der Waals surface area contributed by atoms with Crippen LogP contribution < -0.4 is 5.32 Å². The molecule has 1 heterocycles. The quantitative estimate of drug-likeness (QED) is 0.859. The highest BCUT2D eigenvalue weighted by molar-refractivity contribution is 5.79. The van der Waals surface area contributed by atoms with Crippen molar-refractivity contribution in [2.24, 2.45) is 5.92 Å². The number of nitrogens with zero attached hydrogens (tertiary/aromatic N) is 3. The summed E-state index contributed by atoms with van der Waals surface area (Å²) in [4.78, 5) is 16.9. The highest BCUT2D eigenvalue weighted by Gasteiger charge is 2.43. The standard InChI is InChI=1S/C20H28N4O/c1-16-4-3-5-17(12-16)13-23-8-10-24(11-9-23)14-19(25)22-20(2,15-21)18-6-7-18/h3-5,12,18H,6-11,13-14H2,1-2H3,(H,22,25). The van der Waals surface area contributed by atoms with Gasteiger partial charge in [-0.05, 0) is 38.2 Å². The normalized spacial score (nSPS) is 21.3. The molecule has 1 aliphatic heterocycles. The van der Waals surface area contributed by atoms with Crippen molar-refractivity contribution in [2.45, 2.75) is 38.8 Å². The van der Waals surface area contributed by atoms with E-state index >= 15 is 0 Å². The molecule has 5 nitrogen and oxygen atoms in total. The Labute approximate surface area is 150 Å². The Morgan fingerprint density at radius 3 is 2.56 bits per heavy atom. The van der Waals surface area contributed by atoms with Crippen molar-refractivity contribution in [3.8, 4) is 6.07 Å². The number of benzene rings is 1. The molecule has 2 fully saturated rings. The number of hydrogen-bond acceptors (Lipinski definition) is 4. The van der Waals surface area contributed by atoms with Gasteiger partial charge in [-0.3, -0.25) is 14.6 Å². The van der Waals surface area contributed by atoms with Crippen LogP contribution in [0.2, 0.25) is 0 Å². The average molecular weight is 340 g/mol. The van der Waals surface area contributed by atoms with Crippen molar-refractivity contribution in [1.29, 1.82) is 5.26 Å². The lowest BCUT2D eigenvalue weighted by Gasteiger charge is -2.35. The number of piperazine rings is 1. The van der Waals surface area contributed by atoms with Gasteiger partial charge in [-0.2, -0.15) is 5.26 Å². The largest absolute Gasteiger partial charge is 0.337 e. The molecule has 0 spiro atoms. The zero-order chi connectivity index (χ0) is 17.9. The van der Waals surface area contributed by atoms with Crippen molar-refractivity contribution >= 4 is 5.91 Å². The molecule has 1 aromatic rings. The van der Waals surface area contributed by atoms with E-state index in [0.717, 1.165) is 45.6 Å². The van der Waals surface area contributed by atoms with Gasteiger partial charge >= 0.3 is 0 Å². The van der Waals surface area contributed by atoms with E-state index in [1.54, 1.807) is 0 Å². The van der Waals surface area contributed by atoms with Crippen LogP contribution in [0.25, 0.3) is 0 Å². The first-order valence-corrected chi connectivity index (χ1v) is 9.21. The van der Waals surface area contributed by atoms with Crippen LogP contribution in [0.4, 0.5) is 0 Å². The summed E-state index contributed by atoms with van der Waals surface area (Å²) in [5.41, 5.74) is 1.95. The second kappa shape index (κ2) is 7.55. The Morgan fingerprint density at radius 1 is 1.28 bits per heavy atom. The van der Waals surface area contributed by atoms with Gasteiger partial charge in [0.2, 0.25) is 5.91 Å². The van der Waals surface area contributed by atoms with E-state index in [4.69, 9.17) is 0 Å². The number of nitrogens with one attached hydrogen (secondary N) is 1. The summed E-state index contributed by atoms with van der Waals surface area (Å²) < 4.78 is 0. The van der Waals surface area contributed by atoms with Crippen LogP contribution in [-0.4, -0.2) is 54.0 Å². The third-order valence-corrected chi connectivity index (χ3v) is 5.35. The van der Waals surface area contributed by atoms with Crippen LogP contribution in [0.3, 0.4) is 0 Å². The number of nitriles is 1. The number of carbonyl (C=O) groups is 1. The topological polar surface area (TPSA) is 59.4 Å². The number of rotatable bonds is 6. The molecule has 0 bridgehead atoms. The minimum atomic E-state index is -0.690. The number of amides is 1. The molecule has 2 aliphatic rings. The van der Waals surface area contributed by atoms with Gasteiger partial charge in [-0.15, -0.1) is 0 Å². The number of hydrogen-bond donors (Lipinski definition) is 1. The Morgan fingerprint density at radius 2 is 1.96 bits per heavy atom. The first kappa shape index (κ1) is 17.9. The maximum absolute atomic E-state index is 12.3. The van der Waals surface area contributed by atoms with Crippen molar-refractivity contribution in [1.82, 2.24) is 15.1 Å². The molecular formula is C20H28N4O. The monoisotopic (exact) mass is 340 g/mol. The van der Waals surface area contributed by atoms with Gasteiger partial charge in [0, 0.05) is 32.7 Å². The fourth-order valence-electron chi connectivity index (χ4n) is 3.59. The summed E-state index contributed by atoms with van der Waals surface area (Å²) in [6.07, 6.45) is 2.09. The minimum absolute atomic E-state index is 0.0249. The number of carbonyl (C=O) groups excluding carboxylic acids is 1. The van der Waals surface area contributed by atoms with Gasteiger partial charge in [0.05, 0.1) is 12.6 Å². The Hall–Kier alpha value is -1.90. The lowest BCUT2D eigenvalue weighted by atomic mass is 9.98. The predicted octanol–water partition coefficient (Wildman–Crippen LogP) is 1.92. The van der Waals surface area contributed by atoms with Crippen molar-refractivity contribution in [3.05, 3.63) is 35.4 Å². The third kappa shape index (κ3) is 4.81. The molecular weight excluding hydrogens is 312 g/mol. The molecule has 1 N–H and O–H groups in total. The molecule has 3 rings (SSSR count). The van der Waals surface area contributed by atoms with E-state index in [-0.39, 0.29) is 5.91 Å². The molecule has 1 unspecified atom stereocenters. The smallest absolute Gasteiger partial charge is 0.235 e. The molecule has 134 valence electrons. The van der Waals surface area contributed by atoms with Crippen LogP contribution in [0.15, 0.2) is 24.3 Å². The zero-order valence-electron chi connectivity index (χ0n) is 15.3. The van der Waals surface area contributed by atoms with Crippen LogP contribution in [0.5, 0.6) is 0 Å². The van der Waals surface area contributed by atoms with E-state index in [2.05, 4.69) is 52.4 Å². The van der Waals surface area contributed by atoms with Gasteiger partial charge in [0.15, 0.2) is 0 Å². The van der Waals surface area contributed by atoms with E-state index in [1.807, 2.05) is 6.92 Å². The maximum Gasteiger partial charge on any atom is 0.235 e. The highest BCUT2D eigenvalue weighted by Crippen LogP contribution is 2.39. The van der Waals surface area contributed by atoms with E-state index < -0.39 is 5.54 Å². The minimum Gasteiger partial charge on any atom is -0.337 e. The molecule has 1 saturated carbocycles. The fraction of sp³-hybridized carbons (Fsp3) is 0.600. The summed E-state index contributed by atoms with van der Waals surface area (Å²) in [7, 11) is 0. The summed E-state index contributed by atoms with van der Waals surface area (Å²) in [5, 5.41) is 12.3. The summed E-state index contributed by atoms with van der Waals surface area (Å²) in [5.74, 6) is 0.302. The molecule has 1 amide bonds. The molecule has 0 radical (unpaired) electrons. The Kier molecular flexibility index (Phi) is 5.41. The molecule has 1 saturated heterocycles. The van der Waals surface area contributed by atoms with Crippen LogP contribution in [0.1, 0.15) is 30.9 Å². The third-order valence-electron chi connectivity index (χ3n) is 5.35. The SMILES string of the molecule is Cc1cccc(CN2CCN(CC(=O)NC(C)(C#N)C3CC3)CC2)c1. The van der Waals surface area contributed by atoms with Gasteiger partial charge in [-0.25, -0.2) is 0 Å². The van der Waals surface area contributed by atoms with Crippen molar-refractivity contribution in [2.75, 3.05) is 32.7 Å². The molecule has 5 heteroatoms. The summed E-state index contributed by atoms with van der Waals surface area (Å²) >= 11 is 0. The lowest BCUT2D eigenvalue weighted by Crippen LogP contribution is -2.53. The molecule has 1 aliphatic carbocycles. The maximum atomic E-state index is 12.3. The first-order valence-electron chi connectivity index (χ1n) is 9.21. The van der Waals surface area contributed by atoms with E-state index in [1.165, 1.54) is 11.1 Å². The van der Waals surface area contributed by atoms with E-state index in [0.29, 0.717) is 12.5 Å². The molecule has 1 aromatic carbocycles. The van der Waals surface area contributed by atoms with Crippen LogP contribution in [0, 0.1) is 24.2 Å². The lowest BCUT2D eigenvalue weighted by molar-refractivity contribution is -0.124. The average Bonchev–Trinajstić information content (AvgIpc) is 3.42. The molecule has 25 heavy (non-hydrogen) atoms. The van der Waals surface area contributed by atoms with Gasteiger partial charge < -0.3 is 5.32 Å². The van der Waals surface area contributed by atoms with Gasteiger partial charge in [0.25, 0.3) is 0 Å². The zero-order valence-corrected chi connectivity index (χ0v) is 15.3. The van der Waals surface area contributed by atoms with E-state index in [9.17, 15) is 10.1 Å². The Bertz CT molecular complexity index is 656. The van der Waals surface area contributed by atoms with Crippen molar-refractivity contribution in [3.63, 3.8) is 0 Å². The van der Waals surface area contributed by atoms with Gasteiger partial charge in [0.1, 0.15) is 5.54 Å². The van der Waals surface area contributed by atoms with Crippen molar-refractivity contribution < 1.29 is 4.79 Å². The second-order valence-corrected chi connectivity index (χ2v) is 7.68. The van der Waals surface area contributed by atoms with Crippen LogP contribution in [-0.2, 0) is 11.3 Å². The molecule has 1 atom stereocenters. The highest BCUT2D eigenvalue weighted by atomic mass is 16.2. The summed E-state index contributed by atoms with van der Waals surface area (Å²) in [6, 6.07) is 10.9. The molecule has 0 aromatic heterocycles. The second-order valence-electron chi connectivity index (χ2n) is 7.68.